The molecule has 3 heteroatoms. The molecule has 0 aromatic carbocycles. The molecule has 0 aliphatic heterocycles. The molecule has 2 aromatic heterocycles. The number of hydrogen-bond donors (Lipinski definition) is 0. The molecule has 0 bridgehead atoms. The van der Waals surface area contributed by atoms with Gasteiger partial charge in [0.05, 0.1) is 5.69 Å². The number of aromatic nitrogens is 3. The molecule has 2 heterocycles. The highest BCUT2D eigenvalue weighted by molar-refractivity contribution is 5.58. The van der Waals surface area contributed by atoms with Gasteiger partial charge in [-0.25, -0.2) is 0 Å². The summed E-state index contributed by atoms with van der Waals surface area (Å²) in [6, 6.07) is 5.99. The third-order valence-corrected chi connectivity index (χ3v) is 1.91. The van der Waals surface area contributed by atoms with Gasteiger partial charge in [-0.2, -0.15) is 5.10 Å². The number of hydrogen-bond acceptors (Lipinski definition) is 2. The van der Waals surface area contributed by atoms with E-state index in [1.807, 2.05) is 52.2 Å². The Morgan fingerprint density at radius 2 is 1.93 bits per heavy atom. The maximum atomic E-state index is 4.31. The van der Waals surface area contributed by atoms with Gasteiger partial charge in [0.2, 0.25) is 0 Å². The molecular formula is C12H17N3. The average Bonchev–Trinajstić information content (AvgIpc) is 2.68. The zero-order valence-corrected chi connectivity index (χ0v) is 9.73. The highest BCUT2D eigenvalue weighted by Gasteiger charge is 2.00. The first-order valence-electron chi connectivity index (χ1n) is 5.18. The number of rotatable bonds is 1. The van der Waals surface area contributed by atoms with Crippen molar-refractivity contribution in [3.8, 4) is 11.3 Å². The Bertz CT molecular complexity index is 418. The van der Waals surface area contributed by atoms with E-state index < -0.39 is 0 Å². The van der Waals surface area contributed by atoms with Gasteiger partial charge in [-0.3, -0.25) is 9.67 Å². The van der Waals surface area contributed by atoms with Crippen molar-refractivity contribution in [2.75, 3.05) is 0 Å². The van der Waals surface area contributed by atoms with Crippen molar-refractivity contribution >= 4 is 0 Å². The summed E-state index contributed by atoms with van der Waals surface area (Å²) in [5.74, 6) is 0. The first-order chi connectivity index (χ1) is 7.25. The van der Waals surface area contributed by atoms with E-state index in [2.05, 4.69) is 10.1 Å². The van der Waals surface area contributed by atoms with Crippen molar-refractivity contribution in [3.05, 3.63) is 36.3 Å². The second kappa shape index (κ2) is 5.29. The Morgan fingerprint density at radius 3 is 2.47 bits per heavy atom. The van der Waals surface area contributed by atoms with E-state index in [0.717, 1.165) is 17.0 Å². The lowest BCUT2D eigenvalue weighted by Gasteiger charge is -1.96. The van der Waals surface area contributed by atoms with E-state index in [4.69, 9.17) is 0 Å². The van der Waals surface area contributed by atoms with Crippen LogP contribution in [0.25, 0.3) is 11.3 Å². The zero-order valence-electron chi connectivity index (χ0n) is 9.73. The van der Waals surface area contributed by atoms with Crippen LogP contribution < -0.4 is 0 Å². The van der Waals surface area contributed by atoms with E-state index in [9.17, 15) is 0 Å². The van der Waals surface area contributed by atoms with Crippen molar-refractivity contribution in [2.24, 2.45) is 7.05 Å². The minimum absolute atomic E-state index is 0.994. The lowest BCUT2D eigenvalue weighted by molar-refractivity contribution is 0.771. The number of aryl methyl sites for hydroxylation is 2. The highest BCUT2D eigenvalue weighted by atomic mass is 15.2. The lowest BCUT2D eigenvalue weighted by Crippen LogP contribution is -1.88. The van der Waals surface area contributed by atoms with E-state index >= 15 is 0 Å². The first-order valence-corrected chi connectivity index (χ1v) is 5.18. The summed E-state index contributed by atoms with van der Waals surface area (Å²) >= 11 is 0. The van der Waals surface area contributed by atoms with Gasteiger partial charge in [-0.15, -0.1) is 0 Å². The van der Waals surface area contributed by atoms with Gasteiger partial charge in [-0.1, -0.05) is 13.8 Å². The molecule has 15 heavy (non-hydrogen) atoms. The highest BCUT2D eigenvalue weighted by Crippen LogP contribution is 2.15. The van der Waals surface area contributed by atoms with Crippen LogP contribution in [0.3, 0.4) is 0 Å². The molecule has 0 atom stereocenters. The van der Waals surface area contributed by atoms with Crippen LogP contribution in [0.5, 0.6) is 0 Å². The smallest absolute Gasteiger partial charge is 0.0924 e. The van der Waals surface area contributed by atoms with Crippen LogP contribution in [0.15, 0.2) is 30.6 Å². The third-order valence-electron chi connectivity index (χ3n) is 1.91. The fraction of sp³-hybridized carbons (Fsp3) is 0.333. The zero-order chi connectivity index (χ0) is 11.3. The summed E-state index contributed by atoms with van der Waals surface area (Å²) in [4.78, 5) is 4.14. The maximum absolute atomic E-state index is 4.31. The Morgan fingerprint density at radius 1 is 1.20 bits per heavy atom. The molecule has 2 aromatic rings. The SMILES string of the molecule is CC.Cc1cc(-c2ccn(C)n2)ccn1. The predicted octanol–water partition coefficient (Wildman–Crippen LogP) is 2.82. The molecule has 0 fully saturated rings. The standard InChI is InChI=1S/C10H11N3.C2H6/c1-8-7-9(3-5-11-8)10-4-6-13(2)12-10;1-2/h3-7H,1-2H3;1-2H3. The molecule has 2 rings (SSSR count). The van der Waals surface area contributed by atoms with Crippen LogP contribution in [0.4, 0.5) is 0 Å². The molecule has 0 saturated carbocycles. The molecule has 0 aliphatic carbocycles. The monoisotopic (exact) mass is 203 g/mol. The molecule has 0 amide bonds. The van der Waals surface area contributed by atoms with Crippen LogP contribution in [-0.2, 0) is 7.05 Å². The molecule has 0 N–H and O–H groups in total. The predicted molar refractivity (Wildman–Crippen MR) is 62.5 cm³/mol. The maximum Gasteiger partial charge on any atom is 0.0924 e. The second-order valence-electron chi connectivity index (χ2n) is 3.06. The van der Waals surface area contributed by atoms with Crippen molar-refractivity contribution < 1.29 is 0 Å². The fourth-order valence-corrected chi connectivity index (χ4v) is 1.27. The minimum Gasteiger partial charge on any atom is -0.275 e. The van der Waals surface area contributed by atoms with Gasteiger partial charge in [-0.05, 0) is 25.1 Å². The Hall–Kier alpha value is -1.64. The summed E-state index contributed by atoms with van der Waals surface area (Å²) in [5.41, 5.74) is 3.13. The minimum atomic E-state index is 0.994. The Labute approximate surface area is 90.8 Å². The summed E-state index contributed by atoms with van der Waals surface area (Å²) in [5, 5.41) is 4.31. The summed E-state index contributed by atoms with van der Waals surface area (Å²) < 4.78 is 1.80. The van der Waals surface area contributed by atoms with E-state index in [-0.39, 0.29) is 0 Å². The number of nitrogens with zero attached hydrogens (tertiary/aromatic N) is 3. The van der Waals surface area contributed by atoms with Crippen molar-refractivity contribution in [3.63, 3.8) is 0 Å². The van der Waals surface area contributed by atoms with Crippen LogP contribution >= 0.6 is 0 Å². The normalized spacial score (nSPS) is 9.33. The van der Waals surface area contributed by atoms with Gasteiger partial charge < -0.3 is 0 Å². The molecule has 0 radical (unpaired) electrons. The summed E-state index contributed by atoms with van der Waals surface area (Å²) in [6.07, 6.45) is 3.74. The van der Waals surface area contributed by atoms with Crippen LogP contribution in [-0.4, -0.2) is 14.8 Å². The molecule has 0 unspecified atom stereocenters. The molecule has 0 spiro atoms. The van der Waals surface area contributed by atoms with Crippen molar-refractivity contribution in [1.29, 1.82) is 0 Å². The van der Waals surface area contributed by atoms with Gasteiger partial charge >= 0.3 is 0 Å². The van der Waals surface area contributed by atoms with Crippen LogP contribution in [0.2, 0.25) is 0 Å². The van der Waals surface area contributed by atoms with Gasteiger partial charge in [0.1, 0.15) is 0 Å². The fourth-order valence-electron chi connectivity index (χ4n) is 1.27. The van der Waals surface area contributed by atoms with Gasteiger partial charge in [0.15, 0.2) is 0 Å². The van der Waals surface area contributed by atoms with Crippen molar-refractivity contribution in [2.45, 2.75) is 20.8 Å². The van der Waals surface area contributed by atoms with Crippen molar-refractivity contribution in [1.82, 2.24) is 14.8 Å². The Kier molecular flexibility index (Phi) is 4.03. The average molecular weight is 203 g/mol. The lowest BCUT2D eigenvalue weighted by atomic mass is 10.2. The van der Waals surface area contributed by atoms with Crippen LogP contribution in [0.1, 0.15) is 19.5 Å². The van der Waals surface area contributed by atoms with E-state index in [1.165, 1.54) is 0 Å². The Balaban J connectivity index is 0.000000531. The summed E-state index contributed by atoms with van der Waals surface area (Å²) in [6.45, 7) is 5.98. The second-order valence-corrected chi connectivity index (χ2v) is 3.06. The molecule has 0 saturated heterocycles. The largest absolute Gasteiger partial charge is 0.275 e. The summed E-state index contributed by atoms with van der Waals surface area (Å²) in [7, 11) is 1.91. The first kappa shape index (κ1) is 11.4. The van der Waals surface area contributed by atoms with Crippen LogP contribution in [0, 0.1) is 6.92 Å². The molecule has 80 valence electrons. The third kappa shape index (κ3) is 2.91. The molecule has 0 aliphatic rings. The molecular weight excluding hydrogens is 186 g/mol. The quantitative estimate of drug-likeness (QED) is 0.713. The van der Waals surface area contributed by atoms with Gasteiger partial charge in [0.25, 0.3) is 0 Å². The molecule has 3 nitrogen and oxygen atoms in total. The number of pyridine rings is 1. The van der Waals surface area contributed by atoms with E-state index in [1.54, 1.807) is 10.9 Å². The van der Waals surface area contributed by atoms with Gasteiger partial charge in [0, 0.05) is 30.7 Å². The topological polar surface area (TPSA) is 30.7 Å². The van der Waals surface area contributed by atoms with E-state index in [0.29, 0.717) is 0 Å².